The molecule has 112 valence electrons. The van der Waals surface area contributed by atoms with Gasteiger partial charge in [-0.1, -0.05) is 35.2 Å². The van der Waals surface area contributed by atoms with Gasteiger partial charge in [0.15, 0.2) is 0 Å². The van der Waals surface area contributed by atoms with E-state index in [1.54, 1.807) is 0 Å². The molecule has 0 amide bonds. The van der Waals surface area contributed by atoms with Crippen LogP contribution in [0.25, 0.3) is 0 Å². The van der Waals surface area contributed by atoms with Crippen molar-refractivity contribution < 1.29 is 9.84 Å². The van der Waals surface area contributed by atoms with Gasteiger partial charge in [0, 0.05) is 16.7 Å². The molecule has 1 aliphatic carbocycles. The molecule has 0 bridgehead atoms. The van der Waals surface area contributed by atoms with Crippen molar-refractivity contribution in [1.29, 1.82) is 0 Å². The summed E-state index contributed by atoms with van der Waals surface area (Å²) < 4.78 is 6.83. The van der Waals surface area contributed by atoms with E-state index in [1.165, 1.54) is 24.8 Å². The lowest BCUT2D eigenvalue weighted by Gasteiger charge is -2.23. The summed E-state index contributed by atoms with van der Waals surface area (Å²) in [6, 6.07) is 6.15. The van der Waals surface area contributed by atoms with E-state index in [4.69, 9.17) is 4.74 Å². The number of ether oxygens (including phenoxy) is 1. The fraction of sp³-hybridized carbons (Fsp3) is 0.625. The van der Waals surface area contributed by atoms with Gasteiger partial charge in [-0.05, 0) is 43.5 Å². The number of aliphatic hydroxyl groups excluding tert-OH is 1. The second-order valence-corrected chi connectivity index (χ2v) is 6.56. The third kappa shape index (κ3) is 5.43. The fourth-order valence-electron chi connectivity index (χ4n) is 2.61. The van der Waals surface area contributed by atoms with E-state index >= 15 is 0 Å². The first-order chi connectivity index (χ1) is 9.63. The van der Waals surface area contributed by atoms with Crippen molar-refractivity contribution in [2.75, 3.05) is 18.5 Å². The van der Waals surface area contributed by atoms with Gasteiger partial charge in [-0.15, -0.1) is 0 Å². The highest BCUT2D eigenvalue weighted by molar-refractivity contribution is 9.10. The summed E-state index contributed by atoms with van der Waals surface area (Å²) in [5.74, 6) is 0. The lowest BCUT2D eigenvalue weighted by molar-refractivity contribution is -0.0195. The van der Waals surface area contributed by atoms with Crippen LogP contribution >= 0.6 is 15.9 Å². The largest absolute Gasteiger partial charge is 0.389 e. The number of hydrogen-bond donors (Lipinski definition) is 2. The zero-order chi connectivity index (χ0) is 14.4. The molecule has 1 aromatic rings. The predicted octanol–water partition coefficient (Wildman–Crippen LogP) is 3.88. The van der Waals surface area contributed by atoms with Crippen molar-refractivity contribution >= 4 is 21.6 Å². The van der Waals surface area contributed by atoms with E-state index < -0.39 is 6.10 Å². The SMILES string of the molecule is Cc1cc(Br)cc(NCC(O)COC2CCCCC2)c1. The molecule has 0 spiro atoms. The minimum absolute atomic E-state index is 0.353. The maximum atomic E-state index is 9.98. The number of hydrogen-bond acceptors (Lipinski definition) is 3. The van der Waals surface area contributed by atoms with Crippen LogP contribution in [0.3, 0.4) is 0 Å². The van der Waals surface area contributed by atoms with E-state index in [-0.39, 0.29) is 0 Å². The van der Waals surface area contributed by atoms with E-state index in [1.807, 2.05) is 6.07 Å². The lowest BCUT2D eigenvalue weighted by atomic mass is 9.98. The molecule has 1 saturated carbocycles. The average Bonchev–Trinajstić information content (AvgIpc) is 2.43. The number of benzene rings is 1. The summed E-state index contributed by atoms with van der Waals surface area (Å²) in [6.07, 6.45) is 6.03. The lowest BCUT2D eigenvalue weighted by Crippen LogP contribution is -2.28. The average molecular weight is 342 g/mol. The highest BCUT2D eigenvalue weighted by Crippen LogP contribution is 2.21. The molecule has 0 heterocycles. The first kappa shape index (κ1) is 15.8. The van der Waals surface area contributed by atoms with Crippen LogP contribution in [-0.2, 0) is 4.74 Å². The van der Waals surface area contributed by atoms with Crippen LogP contribution in [0.4, 0.5) is 5.69 Å². The quantitative estimate of drug-likeness (QED) is 0.824. The molecular weight excluding hydrogens is 318 g/mol. The van der Waals surface area contributed by atoms with Gasteiger partial charge in [0.05, 0.1) is 18.8 Å². The van der Waals surface area contributed by atoms with E-state index in [2.05, 4.69) is 40.3 Å². The number of anilines is 1. The Morgan fingerprint density at radius 1 is 1.30 bits per heavy atom. The van der Waals surface area contributed by atoms with Gasteiger partial charge >= 0.3 is 0 Å². The van der Waals surface area contributed by atoms with Crippen molar-refractivity contribution in [1.82, 2.24) is 0 Å². The minimum Gasteiger partial charge on any atom is -0.389 e. The molecule has 1 unspecified atom stereocenters. The highest BCUT2D eigenvalue weighted by atomic mass is 79.9. The molecule has 4 heteroatoms. The normalized spacial score (nSPS) is 17.9. The van der Waals surface area contributed by atoms with Gasteiger partial charge in [-0.25, -0.2) is 0 Å². The monoisotopic (exact) mass is 341 g/mol. The Balaban J connectivity index is 1.70. The zero-order valence-electron chi connectivity index (χ0n) is 12.1. The Kier molecular flexibility index (Phi) is 6.33. The molecule has 0 aliphatic heterocycles. The summed E-state index contributed by atoms with van der Waals surface area (Å²) in [6.45, 7) is 2.99. The first-order valence-electron chi connectivity index (χ1n) is 7.44. The first-order valence-corrected chi connectivity index (χ1v) is 8.23. The molecule has 0 aromatic heterocycles. The number of rotatable bonds is 6. The third-order valence-electron chi connectivity index (χ3n) is 3.66. The topological polar surface area (TPSA) is 41.5 Å². The molecule has 20 heavy (non-hydrogen) atoms. The molecule has 2 rings (SSSR count). The van der Waals surface area contributed by atoms with E-state index in [0.29, 0.717) is 19.3 Å². The van der Waals surface area contributed by atoms with E-state index in [9.17, 15) is 5.11 Å². The molecular formula is C16H24BrNO2. The van der Waals surface area contributed by atoms with Crippen LogP contribution in [0.5, 0.6) is 0 Å². The van der Waals surface area contributed by atoms with Crippen LogP contribution in [-0.4, -0.2) is 30.5 Å². The Morgan fingerprint density at radius 3 is 2.75 bits per heavy atom. The summed E-state index contributed by atoms with van der Waals surface area (Å²) in [4.78, 5) is 0. The Bertz CT molecular complexity index is 399. The second kappa shape index (κ2) is 8.01. The highest BCUT2D eigenvalue weighted by Gasteiger charge is 2.15. The Labute approximate surface area is 129 Å². The number of aliphatic hydroxyl groups is 1. The van der Waals surface area contributed by atoms with Crippen LogP contribution in [0.1, 0.15) is 37.7 Å². The molecule has 1 atom stereocenters. The van der Waals surface area contributed by atoms with Crippen molar-refractivity contribution in [3.8, 4) is 0 Å². The van der Waals surface area contributed by atoms with Gasteiger partial charge in [0.25, 0.3) is 0 Å². The smallest absolute Gasteiger partial charge is 0.0945 e. The van der Waals surface area contributed by atoms with Crippen molar-refractivity contribution in [2.45, 2.75) is 51.2 Å². The van der Waals surface area contributed by atoms with Crippen molar-refractivity contribution in [2.24, 2.45) is 0 Å². The molecule has 0 radical (unpaired) electrons. The predicted molar refractivity (Wildman–Crippen MR) is 86.2 cm³/mol. The van der Waals surface area contributed by atoms with Crippen molar-refractivity contribution in [3.63, 3.8) is 0 Å². The Morgan fingerprint density at radius 2 is 2.05 bits per heavy atom. The summed E-state index contributed by atoms with van der Waals surface area (Å²) in [5.41, 5.74) is 2.21. The number of nitrogens with one attached hydrogen (secondary N) is 1. The third-order valence-corrected chi connectivity index (χ3v) is 4.12. The Hall–Kier alpha value is -0.580. The molecule has 1 aliphatic rings. The molecule has 1 fully saturated rings. The van der Waals surface area contributed by atoms with Crippen molar-refractivity contribution in [3.05, 3.63) is 28.2 Å². The van der Waals surface area contributed by atoms with Gasteiger partial charge in [0.2, 0.25) is 0 Å². The number of aryl methyl sites for hydroxylation is 1. The maximum Gasteiger partial charge on any atom is 0.0945 e. The van der Waals surface area contributed by atoms with Crippen LogP contribution in [0.15, 0.2) is 22.7 Å². The standard InChI is InChI=1S/C16H24BrNO2/c1-12-7-13(17)9-14(8-12)18-10-15(19)11-20-16-5-3-2-4-6-16/h7-9,15-16,18-19H,2-6,10-11H2,1H3. The van der Waals surface area contributed by atoms with E-state index in [0.717, 1.165) is 23.0 Å². The summed E-state index contributed by atoms with van der Waals surface area (Å²) in [7, 11) is 0. The van der Waals surface area contributed by atoms with Crippen LogP contribution < -0.4 is 5.32 Å². The van der Waals surface area contributed by atoms with Gasteiger partial charge in [-0.2, -0.15) is 0 Å². The summed E-state index contributed by atoms with van der Waals surface area (Å²) >= 11 is 3.48. The molecule has 2 N–H and O–H groups in total. The fourth-order valence-corrected chi connectivity index (χ4v) is 3.22. The molecule has 3 nitrogen and oxygen atoms in total. The van der Waals surface area contributed by atoms with Crippen LogP contribution in [0, 0.1) is 6.92 Å². The van der Waals surface area contributed by atoms with Gasteiger partial charge in [-0.3, -0.25) is 0 Å². The summed E-state index contributed by atoms with van der Waals surface area (Å²) in [5, 5.41) is 13.2. The molecule has 1 aromatic carbocycles. The zero-order valence-corrected chi connectivity index (χ0v) is 13.7. The maximum absolute atomic E-state index is 9.98. The van der Waals surface area contributed by atoms with Crippen LogP contribution in [0.2, 0.25) is 0 Å². The second-order valence-electron chi connectivity index (χ2n) is 5.65. The molecule has 0 saturated heterocycles. The number of halogens is 1. The van der Waals surface area contributed by atoms with Gasteiger partial charge < -0.3 is 15.2 Å². The minimum atomic E-state index is -0.462. The van der Waals surface area contributed by atoms with Gasteiger partial charge in [0.1, 0.15) is 0 Å².